The van der Waals surface area contributed by atoms with Gasteiger partial charge in [-0.1, -0.05) is 11.6 Å². The second kappa shape index (κ2) is 10.6. The van der Waals surface area contributed by atoms with E-state index in [0.717, 1.165) is 64.8 Å². The van der Waals surface area contributed by atoms with E-state index >= 15 is 0 Å². The Morgan fingerprint density at radius 3 is 2.57 bits per heavy atom. The van der Waals surface area contributed by atoms with Crippen LogP contribution in [-0.2, 0) is 0 Å². The molecule has 0 unspecified atom stereocenters. The van der Waals surface area contributed by atoms with Gasteiger partial charge in [-0.3, -0.25) is 4.79 Å². The number of hydrogen-bond acceptors (Lipinski definition) is 7. The number of carbonyl (C=O) groups is 1. The van der Waals surface area contributed by atoms with Gasteiger partial charge in [0.15, 0.2) is 0 Å². The van der Waals surface area contributed by atoms with Crippen LogP contribution in [-0.4, -0.2) is 55.7 Å². The fourth-order valence-corrected chi connectivity index (χ4v) is 6.09. The summed E-state index contributed by atoms with van der Waals surface area (Å²) in [5.74, 6) is 1.80. The highest BCUT2D eigenvalue weighted by atomic mass is 32.1. The molecule has 35 heavy (non-hydrogen) atoms. The van der Waals surface area contributed by atoms with Crippen LogP contribution in [0, 0.1) is 6.92 Å². The number of hydrogen-bond donors (Lipinski definition) is 1. The lowest BCUT2D eigenvalue weighted by Crippen LogP contribution is -2.46. The van der Waals surface area contributed by atoms with Crippen molar-refractivity contribution in [2.24, 2.45) is 0 Å². The van der Waals surface area contributed by atoms with Crippen LogP contribution in [0.1, 0.15) is 47.3 Å². The van der Waals surface area contributed by atoms with Gasteiger partial charge in [0.1, 0.15) is 22.7 Å². The first-order valence-electron chi connectivity index (χ1n) is 12.5. The van der Waals surface area contributed by atoms with Crippen LogP contribution in [0.25, 0.3) is 10.2 Å². The number of nitrogens with zero attached hydrogens (tertiary/aromatic N) is 4. The minimum atomic E-state index is -0.00261. The summed E-state index contributed by atoms with van der Waals surface area (Å²) in [6.45, 7) is 6.25. The topological polar surface area (TPSA) is 70.6 Å². The smallest absolute Gasteiger partial charge is 0.261 e. The molecule has 184 valence electrons. The Balaban J connectivity index is 1.27. The van der Waals surface area contributed by atoms with E-state index in [4.69, 9.17) is 4.74 Å². The largest absolute Gasteiger partial charge is 0.497 e. The van der Waals surface area contributed by atoms with Crippen LogP contribution >= 0.6 is 11.3 Å². The molecule has 0 spiro atoms. The first kappa shape index (κ1) is 23.6. The zero-order chi connectivity index (χ0) is 24.2. The molecule has 0 atom stereocenters. The van der Waals surface area contributed by atoms with Crippen molar-refractivity contribution in [3.05, 3.63) is 52.7 Å². The number of rotatable bonds is 7. The van der Waals surface area contributed by atoms with E-state index in [9.17, 15) is 4.79 Å². The van der Waals surface area contributed by atoms with Gasteiger partial charge in [0.05, 0.1) is 17.4 Å². The highest BCUT2D eigenvalue weighted by molar-refractivity contribution is 7.20. The quantitative estimate of drug-likeness (QED) is 0.472. The van der Waals surface area contributed by atoms with E-state index in [1.165, 1.54) is 48.3 Å². The van der Waals surface area contributed by atoms with Crippen LogP contribution in [0.5, 0.6) is 5.75 Å². The Morgan fingerprint density at radius 2 is 1.86 bits per heavy atom. The van der Waals surface area contributed by atoms with Gasteiger partial charge in [-0.25, -0.2) is 9.97 Å². The molecule has 1 saturated heterocycles. The Kier molecular flexibility index (Phi) is 7.18. The van der Waals surface area contributed by atoms with E-state index < -0.39 is 0 Å². The zero-order valence-electron chi connectivity index (χ0n) is 20.5. The number of fused-ring (bicyclic) bond motifs is 1. The van der Waals surface area contributed by atoms with E-state index in [1.807, 2.05) is 19.1 Å². The summed E-state index contributed by atoms with van der Waals surface area (Å²) in [6, 6.07) is 8.22. The molecule has 1 amide bonds. The van der Waals surface area contributed by atoms with E-state index in [0.29, 0.717) is 6.54 Å². The van der Waals surface area contributed by atoms with Gasteiger partial charge in [-0.15, -0.1) is 11.3 Å². The number of benzene rings is 1. The Hall–Kier alpha value is -3.13. The molecule has 5 rings (SSSR count). The number of carbonyl (C=O) groups excluding carboxylic acids is 1. The van der Waals surface area contributed by atoms with Crippen molar-refractivity contribution in [2.75, 3.05) is 49.6 Å². The normalized spacial score (nSPS) is 16.3. The van der Waals surface area contributed by atoms with Crippen molar-refractivity contribution in [1.29, 1.82) is 0 Å². The molecule has 8 heteroatoms. The summed E-state index contributed by atoms with van der Waals surface area (Å²) in [6.07, 6.45) is 9.81. The number of methoxy groups -OCH3 is 1. The maximum Gasteiger partial charge on any atom is 0.261 e. The number of allylic oxidation sites excluding steroid dienone is 1. The number of amides is 1. The predicted molar refractivity (Wildman–Crippen MR) is 143 cm³/mol. The molecule has 1 aliphatic heterocycles. The third-order valence-electron chi connectivity index (χ3n) is 7.05. The maximum atomic E-state index is 13.0. The lowest BCUT2D eigenvalue weighted by molar-refractivity contribution is 0.0957. The van der Waals surface area contributed by atoms with Crippen LogP contribution in [0.2, 0.25) is 0 Å². The Labute approximate surface area is 210 Å². The molecule has 3 aromatic rings. The molecular formula is C27H33N5O2S. The molecular weight excluding hydrogens is 458 g/mol. The van der Waals surface area contributed by atoms with Crippen LogP contribution in [0.4, 0.5) is 11.5 Å². The van der Waals surface area contributed by atoms with Gasteiger partial charge in [0.2, 0.25) is 0 Å². The number of nitrogens with one attached hydrogen (secondary N) is 1. The maximum absolute atomic E-state index is 13.0. The molecule has 1 N–H and O–H groups in total. The third-order valence-corrected chi connectivity index (χ3v) is 8.25. The number of ether oxygens (including phenoxy) is 1. The van der Waals surface area contributed by atoms with Crippen LogP contribution in [0.15, 0.2) is 42.2 Å². The van der Waals surface area contributed by atoms with Crippen molar-refractivity contribution >= 4 is 39.0 Å². The molecule has 1 aromatic carbocycles. The number of aromatic nitrogens is 2. The molecule has 3 heterocycles. The fourth-order valence-electron chi connectivity index (χ4n) is 5.03. The van der Waals surface area contributed by atoms with Crippen molar-refractivity contribution in [3.8, 4) is 5.75 Å². The summed E-state index contributed by atoms with van der Waals surface area (Å²) >= 11 is 1.47. The molecule has 1 fully saturated rings. The second-order valence-corrected chi connectivity index (χ2v) is 10.2. The van der Waals surface area contributed by atoms with E-state index in [-0.39, 0.29) is 5.91 Å². The number of piperazine rings is 1. The number of thiophene rings is 1. The van der Waals surface area contributed by atoms with E-state index in [1.54, 1.807) is 13.4 Å². The molecule has 2 aliphatic rings. The molecule has 0 radical (unpaired) electrons. The van der Waals surface area contributed by atoms with Crippen molar-refractivity contribution in [1.82, 2.24) is 15.3 Å². The standard InChI is InChI=1S/C27H33N5O2S/c1-19-23-25(32-16-14-31(15-17-32)21-8-10-22(34-2)11-9-21)29-18-30-27(23)35-24(19)26(33)28-13-12-20-6-4-3-5-7-20/h6,8-11,18H,3-5,7,12-17H2,1-2H3,(H,28,33). The number of aryl methyl sites for hydroxylation is 1. The first-order valence-corrected chi connectivity index (χ1v) is 13.3. The molecule has 1 aliphatic carbocycles. The fraction of sp³-hybridized carbons (Fsp3) is 0.444. The van der Waals surface area contributed by atoms with Gasteiger partial charge in [-0.2, -0.15) is 0 Å². The third kappa shape index (κ3) is 5.12. The molecule has 0 saturated carbocycles. The molecule has 2 aromatic heterocycles. The minimum absolute atomic E-state index is 0.00261. The highest BCUT2D eigenvalue weighted by Crippen LogP contribution is 2.35. The summed E-state index contributed by atoms with van der Waals surface area (Å²) in [7, 11) is 1.69. The molecule has 0 bridgehead atoms. The number of anilines is 2. The summed E-state index contributed by atoms with van der Waals surface area (Å²) < 4.78 is 5.28. The predicted octanol–water partition coefficient (Wildman–Crippen LogP) is 4.96. The summed E-state index contributed by atoms with van der Waals surface area (Å²) in [5, 5.41) is 4.14. The zero-order valence-corrected chi connectivity index (χ0v) is 21.4. The van der Waals surface area contributed by atoms with E-state index in [2.05, 4.69) is 43.3 Å². The SMILES string of the molecule is COc1ccc(N2CCN(c3ncnc4sc(C(=O)NCCC5=CCCCC5)c(C)c34)CC2)cc1. The van der Waals surface area contributed by atoms with Crippen molar-refractivity contribution in [3.63, 3.8) is 0 Å². The highest BCUT2D eigenvalue weighted by Gasteiger charge is 2.24. The molecule has 7 nitrogen and oxygen atoms in total. The average Bonchev–Trinajstić information content (AvgIpc) is 3.26. The van der Waals surface area contributed by atoms with Gasteiger partial charge in [-0.05, 0) is 68.9 Å². The van der Waals surface area contributed by atoms with Crippen LogP contribution in [0.3, 0.4) is 0 Å². The van der Waals surface area contributed by atoms with Gasteiger partial charge < -0.3 is 19.9 Å². The first-order chi connectivity index (χ1) is 17.1. The van der Waals surface area contributed by atoms with Gasteiger partial charge in [0.25, 0.3) is 5.91 Å². The Bertz CT molecular complexity index is 1210. The monoisotopic (exact) mass is 491 g/mol. The average molecular weight is 492 g/mol. The van der Waals surface area contributed by atoms with Crippen molar-refractivity contribution in [2.45, 2.75) is 39.0 Å². The lowest BCUT2D eigenvalue weighted by atomic mass is 9.97. The van der Waals surface area contributed by atoms with Gasteiger partial charge in [0, 0.05) is 38.4 Å². The second-order valence-electron chi connectivity index (χ2n) is 9.22. The summed E-state index contributed by atoms with van der Waals surface area (Å²) in [5.41, 5.74) is 3.66. The minimum Gasteiger partial charge on any atom is -0.497 e. The summed E-state index contributed by atoms with van der Waals surface area (Å²) in [4.78, 5) is 28.5. The lowest BCUT2D eigenvalue weighted by Gasteiger charge is -2.37. The van der Waals surface area contributed by atoms with Gasteiger partial charge >= 0.3 is 0 Å². The van der Waals surface area contributed by atoms with Crippen LogP contribution < -0.4 is 19.9 Å². The van der Waals surface area contributed by atoms with Crippen molar-refractivity contribution < 1.29 is 9.53 Å². The Morgan fingerprint density at radius 1 is 1.09 bits per heavy atom.